The van der Waals surface area contributed by atoms with Crippen molar-refractivity contribution in [2.75, 3.05) is 11.9 Å². The van der Waals surface area contributed by atoms with Gasteiger partial charge in [0.25, 0.3) is 0 Å². The van der Waals surface area contributed by atoms with Gasteiger partial charge >= 0.3 is 0 Å². The van der Waals surface area contributed by atoms with E-state index in [2.05, 4.69) is 5.32 Å². The molecule has 0 radical (unpaired) electrons. The molecule has 0 aromatic heterocycles. The van der Waals surface area contributed by atoms with Gasteiger partial charge in [-0.2, -0.15) is 0 Å². The van der Waals surface area contributed by atoms with Gasteiger partial charge in [-0.15, -0.1) is 0 Å². The molecule has 2 rings (SSSR count). The van der Waals surface area contributed by atoms with E-state index < -0.39 is 29.0 Å². The summed E-state index contributed by atoms with van der Waals surface area (Å²) in [6.45, 7) is 2.40. The van der Waals surface area contributed by atoms with E-state index in [0.29, 0.717) is 17.9 Å². The third kappa shape index (κ3) is 3.78. The first-order chi connectivity index (χ1) is 10.5. The Hall–Kier alpha value is -2.50. The number of rotatable bonds is 5. The summed E-state index contributed by atoms with van der Waals surface area (Å²) in [5.41, 5.74) is 0.291. The van der Waals surface area contributed by atoms with Gasteiger partial charge in [-0.05, 0) is 36.8 Å². The maximum absolute atomic E-state index is 13.5. The molecule has 2 aromatic carbocycles. The molecule has 1 N–H and O–H groups in total. The molecule has 0 aliphatic rings. The van der Waals surface area contributed by atoms with E-state index >= 15 is 0 Å². The molecule has 0 bridgehead atoms. The van der Waals surface area contributed by atoms with Gasteiger partial charge in [0.15, 0.2) is 17.5 Å². The molecule has 0 spiro atoms. The van der Waals surface area contributed by atoms with Crippen LogP contribution in [0.5, 0.6) is 5.75 Å². The quantitative estimate of drug-likeness (QED) is 0.856. The Bertz CT molecular complexity index is 672. The predicted molar refractivity (Wildman–Crippen MR) is 76.3 cm³/mol. The van der Waals surface area contributed by atoms with E-state index in [1.54, 1.807) is 24.3 Å². The first kappa shape index (κ1) is 15.9. The number of benzene rings is 2. The number of halogens is 3. The zero-order valence-electron chi connectivity index (χ0n) is 11.8. The van der Waals surface area contributed by atoms with E-state index in [1.165, 1.54) is 0 Å². The van der Waals surface area contributed by atoms with Crippen LogP contribution in [0.3, 0.4) is 0 Å². The smallest absolute Gasteiger partial charge is 0.228 e. The molecule has 6 heteroatoms. The standard InChI is InChI=1S/C16H14F3NO2/c1-2-22-11-5-3-10(4-6-11)9-14(21)20-13-8-7-12(17)15(18)16(13)19/h3-8H,2,9H2,1H3,(H,20,21). The highest BCUT2D eigenvalue weighted by atomic mass is 19.2. The summed E-state index contributed by atoms with van der Waals surface area (Å²) in [6, 6.07) is 8.56. The number of ether oxygens (including phenoxy) is 1. The van der Waals surface area contributed by atoms with Crippen LogP contribution < -0.4 is 10.1 Å². The topological polar surface area (TPSA) is 38.3 Å². The fraction of sp³-hybridized carbons (Fsp3) is 0.188. The van der Waals surface area contributed by atoms with Crippen molar-refractivity contribution in [3.05, 3.63) is 59.4 Å². The summed E-state index contributed by atoms with van der Waals surface area (Å²) >= 11 is 0. The number of nitrogens with one attached hydrogen (secondary N) is 1. The van der Waals surface area contributed by atoms with Crippen LogP contribution in [-0.4, -0.2) is 12.5 Å². The fourth-order valence-electron chi connectivity index (χ4n) is 1.87. The largest absolute Gasteiger partial charge is 0.494 e. The molecule has 116 valence electrons. The van der Waals surface area contributed by atoms with Crippen molar-refractivity contribution in [1.82, 2.24) is 0 Å². The minimum atomic E-state index is -1.61. The van der Waals surface area contributed by atoms with Gasteiger partial charge in [-0.25, -0.2) is 13.2 Å². The van der Waals surface area contributed by atoms with Gasteiger partial charge in [0, 0.05) is 0 Å². The van der Waals surface area contributed by atoms with Crippen molar-refractivity contribution in [2.45, 2.75) is 13.3 Å². The molecule has 0 saturated carbocycles. The molecule has 22 heavy (non-hydrogen) atoms. The molecule has 0 unspecified atom stereocenters. The number of carbonyl (C=O) groups excluding carboxylic acids is 1. The van der Waals surface area contributed by atoms with Gasteiger partial charge in [0.1, 0.15) is 5.75 Å². The second kappa shape index (κ2) is 6.98. The molecule has 3 nitrogen and oxygen atoms in total. The van der Waals surface area contributed by atoms with Crippen LogP contribution in [0.2, 0.25) is 0 Å². The van der Waals surface area contributed by atoms with Crippen molar-refractivity contribution in [1.29, 1.82) is 0 Å². The van der Waals surface area contributed by atoms with Crippen LogP contribution in [0.15, 0.2) is 36.4 Å². The first-order valence-corrected chi connectivity index (χ1v) is 6.66. The maximum Gasteiger partial charge on any atom is 0.228 e. The van der Waals surface area contributed by atoms with E-state index in [9.17, 15) is 18.0 Å². The Kier molecular flexibility index (Phi) is 5.04. The molecule has 0 aliphatic carbocycles. The summed E-state index contributed by atoms with van der Waals surface area (Å²) in [5, 5.41) is 2.21. The van der Waals surface area contributed by atoms with Gasteiger partial charge in [-0.3, -0.25) is 4.79 Å². The molecular weight excluding hydrogens is 295 g/mol. The average Bonchev–Trinajstić information content (AvgIpc) is 2.50. The van der Waals surface area contributed by atoms with Crippen LogP contribution in [0.25, 0.3) is 0 Å². The average molecular weight is 309 g/mol. The molecule has 0 saturated heterocycles. The van der Waals surface area contributed by atoms with Crippen molar-refractivity contribution in [3.63, 3.8) is 0 Å². The van der Waals surface area contributed by atoms with Crippen molar-refractivity contribution in [3.8, 4) is 5.75 Å². The van der Waals surface area contributed by atoms with Gasteiger partial charge in [0.2, 0.25) is 5.91 Å². The lowest BCUT2D eigenvalue weighted by molar-refractivity contribution is -0.115. The second-order valence-electron chi connectivity index (χ2n) is 4.52. The number of hydrogen-bond donors (Lipinski definition) is 1. The zero-order chi connectivity index (χ0) is 16.1. The first-order valence-electron chi connectivity index (χ1n) is 6.66. The predicted octanol–water partition coefficient (Wildman–Crippen LogP) is 3.68. The van der Waals surface area contributed by atoms with Crippen molar-refractivity contribution < 1.29 is 22.7 Å². The summed E-state index contributed by atoms with van der Waals surface area (Å²) in [7, 11) is 0. The molecule has 0 atom stereocenters. The normalized spacial score (nSPS) is 10.4. The summed E-state index contributed by atoms with van der Waals surface area (Å²) in [5.74, 6) is -4.19. The lowest BCUT2D eigenvalue weighted by atomic mass is 10.1. The van der Waals surface area contributed by atoms with Gasteiger partial charge < -0.3 is 10.1 Å². The number of anilines is 1. The highest BCUT2D eigenvalue weighted by Crippen LogP contribution is 2.20. The Morgan fingerprint density at radius 1 is 1.05 bits per heavy atom. The Morgan fingerprint density at radius 3 is 2.36 bits per heavy atom. The number of amides is 1. The second-order valence-corrected chi connectivity index (χ2v) is 4.52. The Morgan fingerprint density at radius 2 is 1.73 bits per heavy atom. The Balaban J connectivity index is 2.02. The van der Waals surface area contributed by atoms with Crippen LogP contribution >= 0.6 is 0 Å². The van der Waals surface area contributed by atoms with Crippen LogP contribution in [0.4, 0.5) is 18.9 Å². The molecule has 2 aromatic rings. The minimum Gasteiger partial charge on any atom is -0.494 e. The van der Waals surface area contributed by atoms with Crippen molar-refractivity contribution >= 4 is 11.6 Å². The summed E-state index contributed by atoms with van der Waals surface area (Å²) in [6.07, 6.45) is -0.0230. The Labute approximate surface area is 125 Å². The molecule has 0 fully saturated rings. The highest BCUT2D eigenvalue weighted by molar-refractivity contribution is 5.92. The highest BCUT2D eigenvalue weighted by Gasteiger charge is 2.15. The molecule has 0 heterocycles. The van der Waals surface area contributed by atoms with Gasteiger partial charge in [-0.1, -0.05) is 12.1 Å². The van der Waals surface area contributed by atoms with Gasteiger partial charge in [0.05, 0.1) is 18.7 Å². The van der Waals surface area contributed by atoms with Crippen LogP contribution in [0, 0.1) is 17.5 Å². The summed E-state index contributed by atoms with van der Waals surface area (Å²) in [4.78, 5) is 11.8. The number of carbonyl (C=O) groups is 1. The van der Waals surface area contributed by atoms with Crippen LogP contribution in [0.1, 0.15) is 12.5 Å². The zero-order valence-corrected chi connectivity index (χ0v) is 11.8. The monoisotopic (exact) mass is 309 g/mol. The third-order valence-electron chi connectivity index (χ3n) is 2.91. The van der Waals surface area contributed by atoms with Crippen LogP contribution in [-0.2, 0) is 11.2 Å². The van der Waals surface area contributed by atoms with E-state index in [-0.39, 0.29) is 6.42 Å². The minimum absolute atomic E-state index is 0.0230. The van der Waals surface area contributed by atoms with E-state index in [0.717, 1.165) is 12.1 Å². The summed E-state index contributed by atoms with van der Waals surface area (Å²) < 4.78 is 44.6. The SMILES string of the molecule is CCOc1ccc(CC(=O)Nc2ccc(F)c(F)c2F)cc1. The van der Waals surface area contributed by atoms with Crippen molar-refractivity contribution in [2.24, 2.45) is 0 Å². The van der Waals surface area contributed by atoms with E-state index in [1.807, 2.05) is 6.92 Å². The molecule has 1 amide bonds. The lowest BCUT2D eigenvalue weighted by Crippen LogP contribution is -2.16. The van der Waals surface area contributed by atoms with E-state index in [4.69, 9.17) is 4.74 Å². The maximum atomic E-state index is 13.5. The fourth-order valence-corrected chi connectivity index (χ4v) is 1.87. The molecular formula is C16H14F3NO2. The lowest BCUT2D eigenvalue weighted by Gasteiger charge is -2.08. The third-order valence-corrected chi connectivity index (χ3v) is 2.91. The molecule has 0 aliphatic heterocycles. The number of hydrogen-bond acceptors (Lipinski definition) is 2.